The number of aliphatic hydroxyl groups excluding tert-OH is 1. The summed E-state index contributed by atoms with van der Waals surface area (Å²) >= 11 is 0. The summed E-state index contributed by atoms with van der Waals surface area (Å²) in [5.74, 6) is -0.640. The number of carbonyl (C=O) groups excluding carboxylic acids is 2. The molecule has 0 bridgehead atoms. The number of unbranched alkanes of at least 4 members (excludes halogenated alkanes) is 28. The third-order valence-electron chi connectivity index (χ3n) is 14.1. The Hall–Kier alpha value is -4.22. The van der Waals surface area contributed by atoms with E-state index in [1.54, 1.807) is 0 Å². The molecular formula is C75H124O5. The molecule has 5 nitrogen and oxygen atoms in total. The minimum Gasteiger partial charge on any atom is -0.462 e. The van der Waals surface area contributed by atoms with Crippen LogP contribution in [0.2, 0.25) is 0 Å². The van der Waals surface area contributed by atoms with E-state index in [0.717, 1.165) is 116 Å². The average Bonchev–Trinajstić information content (AvgIpc) is 3.46. The SMILES string of the molecule is CC/C=C\C/C=C\C/C=C\C/C=C\C/C=C\C/C=C\C/C=C\C/C=C\C/C=C\C/C=C\C/C=C\C/C=C\CCCCC(=O)OC(CO)COC(=O)CCCCCCCCCCCCCCCCCCCCCCCCCCCCC. The highest BCUT2D eigenvalue weighted by molar-refractivity contribution is 5.70. The van der Waals surface area contributed by atoms with Gasteiger partial charge in [0.25, 0.3) is 0 Å². The van der Waals surface area contributed by atoms with Gasteiger partial charge >= 0.3 is 11.9 Å². The van der Waals surface area contributed by atoms with Crippen molar-refractivity contribution in [3.8, 4) is 0 Å². The summed E-state index contributed by atoms with van der Waals surface area (Å²) in [4.78, 5) is 24.6. The Labute approximate surface area is 495 Å². The number of carbonyl (C=O) groups is 2. The van der Waals surface area contributed by atoms with Crippen molar-refractivity contribution >= 4 is 11.9 Å². The van der Waals surface area contributed by atoms with E-state index in [1.807, 2.05) is 0 Å². The molecule has 5 heteroatoms. The molecule has 0 aromatic rings. The van der Waals surface area contributed by atoms with Crippen molar-refractivity contribution in [1.82, 2.24) is 0 Å². The molecule has 1 N–H and O–H groups in total. The number of ether oxygens (including phenoxy) is 2. The van der Waals surface area contributed by atoms with Gasteiger partial charge in [-0.15, -0.1) is 0 Å². The Morgan fingerprint density at radius 2 is 0.537 bits per heavy atom. The fraction of sp³-hybridized carbons (Fsp3) is 0.653. The van der Waals surface area contributed by atoms with E-state index in [-0.39, 0.29) is 25.2 Å². The molecular weight excluding hydrogens is 981 g/mol. The zero-order valence-electron chi connectivity index (χ0n) is 52.0. The minimum atomic E-state index is -0.805. The summed E-state index contributed by atoms with van der Waals surface area (Å²) in [6, 6.07) is 0. The molecule has 454 valence electrons. The number of esters is 2. The van der Waals surface area contributed by atoms with Crippen LogP contribution in [0.5, 0.6) is 0 Å². The Balaban J connectivity index is 3.62. The van der Waals surface area contributed by atoms with Gasteiger partial charge in [-0.05, 0) is 103 Å². The lowest BCUT2D eigenvalue weighted by molar-refractivity contribution is -0.161. The lowest BCUT2D eigenvalue weighted by Crippen LogP contribution is -2.28. The molecule has 0 spiro atoms. The number of rotatable bonds is 60. The Bertz CT molecular complexity index is 1680. The van der Waals surface area contributed by atoms with Gasteiger partial charge in [0.15, 0.2) is 6.10 Å². The number of aliphatic hydroxyl groups is 1. The summed E-state index contributed by atoms with van der Waals surface area (Å²) < 4.78 is 10.7. The number of allylic oxidation sites excluding steroid dienone is 24. The zero-order chi connectivity index (χ0) is 57.6. The molecule has 0 saturated carbocycles. The summed E-state index contributed by atoms with van der Waals surface area (Å²) in [7, 11) is 0. The quantitative estimate of drug-likeness (QED) is 0.0373. The summed E-state index contributed by atoms with van der Waals surface area (Å²) in [6.07, 6.45) is 104. The lowest BCUT2D eigenvalue weighted by atomic mass is 10.0. The van der Waals surface area contributed by atoms with Crippen LogP contribution in [0.15, 0.2) is 146 Å². The second-order valence-corrected chi connectivity index (χ2v) is 21.8. The maximum Gasteiger partial charge on any atom is 0.306 e. The predicted molar refractivity (Wildman–Crippen MR) is 352 cm³/mol. The smallest absolute Gasteiger partial charge is 0.306 e. The van der Waals surface area contributed by atoms with E-state index in [0.29, 0.717) is 12.8 Å². The highest BCUT2D eigenvalue weighted by atomic mass is 16.6. The average molecular weight is 1110 g/mol. The molecule has 0 aliphatic carbocycles. The van der Waals surface area contributed by atoms with Crippen LogP contribution < -0.4 is 0 Å². The molecule has 80 heavy (non-hydrogen) atoms. The minimum absolute atomic E-state index is 0.0890. The normalized spacial score (nSPS) is 13.2. The highest BCUT2D eigenvalue weighted by Gasteiger charge is 2.16. The van der Waals surface area contributed by atoms with Crippen molar-refractivity contribution in [3.05, 3.63) is 146 Å². The fourth-order valence-corrected chi connectivity index (χ4v) is 9.19. The Morgan fingerprint density at radius 1 is 0.300 bits per heavy atom. The Kier molecular flexibility index (Phi) is 65.4. The maximum absolute atomic E-state index is 12.3. The van der Waals surface area contributed by atoms with Gasteiger partial charge in [0.2, 0.25) is 0 Å². The fourth-order valence-electron chi connectivity index (χ4n) is 9.19. The molecule has 0 aromatic carbocycles. The third kappa shape index (κ3) is 66.3. The summed E-state index contributed by atoms with van der Waals surface area (Å²) in [6.45, 7) is 4.02. The largest absolute Gasteiger partial charge is 0.462 e. The van der Waals surface area contributed by atoms with E-state index >= 15 is 0 Å². The van der Waals surface area contributed by atoms with Crippen LogP contribution in [-0.4, -0.2) is 36.4 Å². The number of hydrogen-bond acceptors (Lipinski definition) is 5. The van der Waals surface area contributed by atoms with Crippen LogP contribution in [0.3, 0.4) is 0 Å². The van der Waals surface area contributed by atoms with Crippen molar-refractivity contribution in [2.24, 2.45) is 0 Å². The second kappa shape index (κ2) is 69.1. The monoisotopic (exact) mass is 1100 g/mol. The molecule has 1 unspecified atom stereocenters. The van der Waals surface area contributed by atoms with Gasteiger partial charge in [-0.1, -0.05) is 327 Å². The first kappa shape index (κ1) is 75.8. The van der Waals surface area contributed by atoms with Gasteiger partial charge in [0, 0.05) is 12.8 Å². The van der Waals surface area contributed by atoms with Gasteiger partial charge in [-0.2, -0.15) is 0 Å². The van der Waals surface area contributed by atoms with Crippen molar-refractivity contribution < 1.29 is 24.2 Å². The first-order valence-corrected chi connectivity index (χ1v) is 33.4. The summed E-state index contributed by atoms with van der Waals surface area (Å²) in [5, 5.41) is 9.68. The van der Waals surface area contributed by atoms with Crippen LogP contribution in [0, 0.1) is 0 Å². The van der Waals surface area contributed by atoms with Gasteiger partial charge in [0.1, 0.15) is 6.61 Å². The Morgan fingerprint density at radius 3 is 0.812 bits per heavy atom. The molecule has 0 rings (SSSR count). The molecule has 0 aromatic heterocycles. The van der Waals surface area contributed by atoms with Gasteiger partial charge < -0.3 is 14.6 Å². The maximum atomic E-state index is 12.3. The molecule has 0 aliphatic heterocycles. The van der Waals surface area contributed by atoms with Crippen molar-refractivity contribution in [2.75, 3.05) is 13.2 Å². The van der Waals surface area contributed by atoms with Crippen LogP contribution in [0.1, 0.15) is 296 Å². The molecule has 0 fully saturated rings. The molecule has 0 amide bonds. The lowest BCUT2D eigenvalue weighted by Gasteiger charge is -2.15. The number of hydrogen-bond donors (Lipinski definition) is 1. The van der Waals surface area contributed by atoms with E-state index in [9.17, 15) is 14.7 Å². The highest BCUT2D eigenvalue weighted by Crippen LogP contribution is 2.17. The van der Waals surface area contributed by atoms with E-state index < -0.39 is 6.10 Å². The van der Waals surface area contributed by atoms with E-state index in [1.165, 1.54) is 154 Å². The van der Waals surface area contributed by atoms with Gasteiger partial charge in [0.05, 0.1) is 6.61 Å². The molecule has 1 atom stereocenters. The predicted octanol–water partition coefficient (Wildman–Crippen LogP) is 23.3. The van der Waals surface area contributed by atoms with Crippen LogP contribution in [0.25, 0.3) is 0 Å². The molecule has 0 radical (unpaired) electrons. The molecule has 0 heterocycles. The van der Waals surface area contributed by atoms with Crippen molar-refractivity contribution in [2.45, 2.75) is 302 Å². The first-order chi connectivity index (χ1) is 39.6. The van der Waals surface area contributed by atoms with E-state index in [2.05, 4.69) is 160 Å². The third-order valence-corrected chi connectivity index (χ3v) is 14.1. The topological polar surface area (TPSA) is 72.8 Å². The molecule has 0 aliphatic rings. The first-order valence-electron chi connectivity index (χ1n) is 33.4. The van der Waals surface area contributed by atoms with Crippen molar-refractivity contribution in [1.29, 1.82) is 0 Å². The summed E-state index contributed by atoms with van der Waals surface area (Å²) in [5.41, 5.74) is 0. The van der Waals surface area contributed by atoms with Gasteiger partial charge in [-0.3, -0.25) is 9.59 Å². The van der Waals surface area contributed by atoms with Crippen LogP contribution in [0.4, 0.5) is 0 Å². The molecule has 0 saturated heterocycles. The van der Waals surface area contributed by atoms with Gasteiger partial charge in [-0.25, -0.2) is 0 Å². The van der Waals surface area contributed by atoms with E-state index in [4.69, 9.17) is 9.47 Å². The van der Waals surface area contributed by atoms with Crippen LogP contribution in [-0.2, 0) is 19.1 Å². The standard InChI is InChI=1S/C75H124O5/c1-3-5-7-9-11-13-15-17-19-21-23-25-27-29-31-32-33-34-35-36-37-38-39-40-41-42-44-46-48-50-52-54-56-58-60-62-64-66-68-70-75(78)80-73(71-76)72-79-74(77)69-67-65-63-61-59-57-55-53-51-49-47-45-43-30-28-26-24-22-20-18-16-14-12-10-8-6-4-2/h5,7,11,13,17,19,23,25,29,31,33-34,36-37,39-40,42,44,48,50,54,56,60,62,73,76H,3-4,6,8-10,12,14-16,18,20-22,24,26-28,30,32,35,38,41,43,45-47,49,51-53,55,57-59,61,63-72H2,1-2H3/b7-5-,13-11-,19-17-,25-23-,31-29-,34-33-,37-36-,40-39-,44-42-,50-48-,56-54-,62-60-. The second-order valence-electron chi connectivity index (χ2n) is 21.8. The van der Waals surface area contributed by atoms with Crippen molar-refractivity contribution in [3.63, 3.8) is 0 Å². The zero-order valence-corrected chi connectivity index (χ0v) is 52.0. The van der Waals surface area contributed by atoms with Crippen LogP contribution >= 0.6 is 0 Å².